The number of nitro groups is 1. The Hall–Kier alpha value is -1.65. The third kappa shape index (κ3) is 4.31. The number of nitro benzene ring substituents is 1. The molecule has 6 nitrogen and oxygen atoms in total. The summed E-state index contributed by atoms with van der Waals surface area (Å²) >= 11 is 3.16. The topological polar surface area (TPSA) is 102 Å². The number of nitriles is 1. The largest absolute Gasteiger partial charge is 0.493 e. The van der Waals surface area contributed by atoms with Crippen LogP contribution in [0.2, 0.25) is 0 Å². The van der Waals surface area contributed by atoms with Crippen LogP contribution in [-0.4, -0.2) is 17.1 Å². The minimum atomic E-state index is -0.960. The second-order valence-corrected chi connectivity index (χ2v) is 4.95. The Labute approximate surface area is 113 Å². The summed E-state index contributed by atoms with van der Waals surface area (Å²) in [6.07, 6.45) is 0.337. The lowest BCUT2D eigenvalue weighted by Gasteiger charge is -2.15. The molecule has 0 amide bonds. The minimum absolute atomic E-state index is 0.0600. The fourth-order valence-electron chi connectivity index (χ4n) is 1.17. The molecule has 96 valence electrons. The third-order valence-electron chi connectivity index (χ3n) is 2.21. The normalized spacial score (nSPS) is 13.4. The van der Waals surface area contributed by atoms with Gasteiger partial charge in [0.05, 0.1) is 23.7 Å². The molecule has 1 aromatic rings. The molecule has 2 N–H and O–H groups in total. The van der Waals surface area contributed by atoms with Crippen molar-refractivity contribution in [2.75, 3.05) is 6.61 Å². The average molecular weight is 314 g/mol. The number of nitrogens with two attached hydrogens (primary N) is 1. The van der Waals surface area contributed by atoms with Crippen molar-refractivity contribution in [3.05, 3.63) is 32.8 Å². The van der Waals surface area contributed by atoms with E-state index in [2.05, 4.69) is 15.9 Å². The summed E-state index contributed by atoms with van der Waals surface area (Å²) in [5.74, 6) is 0.366. The van der Waals surface area contributed by atoms with Gasteiger partial charge in [0, 0.05) is 17.0 Å². The first-order chi connectivity index (χ1) is 8.34. The summed E-state index contributed by atoms with van der Waals surface area (Å²) in [6, 6.07) is 6.28. The molecule has 0 radical (unpaired) electrons. The zero-order chi connectivity index (χ0) is 13.8. The summed E-state index contributed by atoms with van der Waals surface area (Å²) < 4.78 is 5.91. The highest BCUT2D eigenvalue weighted by Crippen LogP contribution is 2.26. The summed E-state index contributed by atoms with van der Waals surface area (Å²) in [7, 11) is 0. The molecule has 0 heterocycles. The molecule has 0 fully saturated rings. The lowest BCUT2D eigenvalue weighted by Crippen LogP contribution is -2.35. The molecule has 1 unspecified atom stereocenters. The van der Waals surface area contributed by atoms with Gasteiger partial charge in [0.15, 0.2) is 0 Å². The number of nitrogens with zero attached hydrogens (tertiary/aromatic N) is 2. The van der Waals surface area contributed by atoms with Gasteiger partial charge < -0.3 is 10.5 Å². The zero-order valence-electron chi connectivity index (χ0n) is 9.72. The van der Waals surface area contributed by atoms with E-state index in [0.29, 0.717) is 16.6 Å². The Morgan fingerprint density at radius 1 is 1.61 bits per heavy atom. The fourth-order valence-corrected chi connectivity index (χ4v) is 1.63. The maximum atomic E-state index is 10.7. The maximum absolute atomic E-state index is 10.7. The molecule has 0 spiro atoms. The van der Waals surface area contributed by atoms with E-state index in [1.54, 1.807) is 13.0 Å². The molecule has 0 aliphatic rings. The van der Waals surface area contributed by atoms with Crippen LogP contribution in [-0.2, 0) is 0 Å². The number of rotatable bonds is 5. The number of halogens is 1. The molecule has 0 aliphatic heterocycles. The van der Waals surface area contributed by atoms with Crippen LogP contribution in [0, 0.1) is 21.4 Å². The molecule has 0 saturated carbocycles. The number of hydrogen-bond acceptors (Lipinski definition) is 5. The summed E-state index contributed by atoms with van der Waals surface area (Å²) in [5.41, 5.74) is 4.61. The lowest BCUT2D eigenvalue weighted by molar-refractivity contribution is -0.385. The van der Waals surface area contributed by atoms with Crippen LogP contribution < -0.4 is 10.5 Å². The summed E-state index contributed by atoms with van der Waals surface area (Å²) in [5, 5.41) is 19.4. The van der Waals surface area contributed by atoms with Gasteiger partial charge in [-0.1, -0.05) is 15.9 Å². The number of non-ortho nitro benzene ring substituents is 1. The number of ether oxygens (including phenoxy) is 1. The molecule has 0 aliphatic carbocycles. The van der Waals surface area contributed by atoms with Crippen LogP contribution in [0.25, 0.3) is 0 Å². The van der Waals surface area contributed by atoms with Crippen molar-refractivity contribution in [3.8, 4) is 11.8 Å². The fraction of sp³-hybridized carbons (Fsp3) is 0.364. The molecule has 7 heteroatoms. The molecule has 1 atom stereocenters. The van der Waals surface area contributed by atoms with Crippen LogP contribution in [0.5, 0.6) is 5.75 Å². The monoisotopic (exact) mass is 313 g/mol. The molecule has 1 rings (SSSR count). The predicted octanol–water partition coefficient (Wildman–Crippen LogP) is 2.37. The Bertz CT molecular complexity index is 497. The number of benzene rings is 1. The lowest BCUT2D eigenvalue weighted by atomic mass is 10.0. The molecular weight excluding hydrogens is 302 g/mol. The zero-order valence-corrected chi connectivity index (χ0v) is 11.3. The first kappa shape index (κ1) is 14.4. The van der Waals surface area contributed by atoms with Crippen LogP contribution in [0.1, 0.15) is 13.3 Å². The highest BCUT2D eigenvalue weighted by Gasteiger charge is 2.17. The second kappa shape index (κ2) is 5.80. The van der Waals surface area contributed by atoms with Crippen molar-refractivity contribution in [1.82, 2.24) is 0 Å². The molecule has 18 heavy (non-hydrogen) atoms. The molecular formula is C11H12BrN3O3. The van der Waals surface area contributed by atoms with E-state index < -0.39 is 10.5 Å². The number of hydrogen-bond donors (Lipinski definition) is 1. The Balaban J connectivity index is 2.69. The van der Waals surface area contributed by atoms with Gasteiger partial charge in [0.2, 0.25) is 0 Å². The molecule has 1 aromatic carbocycles. The van der Waals surface area contributed by atoms with E-state index in [1.165, 1.54) is 12.1 Å². The van der Waals surface area contributed by atoms with Crippen molar-refractivity contribution < 1.29 is 9.66 Å². The molecule has 0 aromatic heterocycles. The van der Waals surface area contributed by atoms with Crippen LogP contribution >= 0.6 is 15.9 Å². The minimum Gasteiger partial charge on any atom is -0.493 e. The quantitative estimate of drug-likeness (QED) is 0.664. The van der Waals surface area contributed by atoms with Gasteiger partial charge in [-0.3, -0.25) is 10.1 Å². The van der Waals surface area contributed by atoms with Crippen molar-refractivity contribution in [2.45, 2.75) is 18.9 Å². The van der Waals surface area contributed by atoms with E-state index in [-0.39, 0.29) is 12.3 Å². The van der Waals surface area contributed by atoms with Gasteiger partial charge in [-0.15, -0.1) is 0 Å². The van der Waals surface area contributed by atoms with Crippen molar-refractivity contribution in [2.24, 2.45) is 5.73 Å². The van der Waals surface area contributed by atoms with Crippen molar-refractivity contribution in [3.63, 3.8) is 0 Å². The van der Waals surface area contributed by atoms with Crippen molar-refractivity contribution in [1.29, 1.82) is 5.26 Å². The van der Waals surface area contributed by atoms with Gasteiger partial charge in [0.25, 0.3) is 5.69 Å². The summed E-state index contributed by atoms with van der Waals surface area (Å²) in [6.45, 7) is 1.81. The van der Waals surface area contributed by atoms with Gasteiger partial charge in [-0.2, -0.15) is 5.26 Å². The Morgan fingerprint density at radius 2 is 2.28 bits per heavy atom. The first-order valence-electron chi connectivity index (χ1n) is 5.12. The Morgan fingerprint density at radius 3 is 2.83 bits per heavy atom. The predicted molar refractivity (Wildman–Crippen MR) is 69.1 cm³/mol. The van der Waals surface area contributed by atoms with E-state index in [0.717, 1.165) is 0 Å². The van der Waals surface area contributed by atoms with Gasteiger partial charge in [-0.05, 0) is 13.0 Å². The maximum Gasteiger partial charge on any atom is 0.274 e. The van der Waals surface area contributed by atoms with Gasteiger partial charge in [-0.25, -0.2) is 0 Å². The smallest absolute Gasteiger partial charge is 0.274 e. The van der Waals surface area contributed by atoms with Crippen LogP contribution in [0.15, 0.2) is 22.7 Å². The Kier molecular flexibility index (Phi) is 4.64. The first-order valence-corrected chi connectivity index (χ1v) is 5.91. The van der Waals surface area contributed by atoms with Crippen LogP contribution in [0.3, 0.4) is 0 Å². The van der Waals surface area contributed by atoms with Crippen molar-refractivity contribution >= 4 is 21.6 Å². The SMILES string of the molecule is CC(N)(C#N)CCOc1cc(Br)cc([N+](=O)[O-])c1. The van der Waals surface area contributed by atoms with E-state index in [9.17, 15) is 10.1 Å². The summed E-state index contributed by atoms with van der Waals surface area (Å²) in [4.78, 5) is 10.2. The van der Waals surface area contributed by atoms with E-state index >= 15 is 0 Å². The van der Waals surface area contributed by atoms with E-state index in [4.69, 9.17) is 15.7 Å². The average Bonchev–Trinajstić information content (AvgIpc) is 2.28. The highest BCUT2D eigenvalue weighted by atomic mass is 79.9. The molecule has 0 saturated heterocycles. The van der Waals surface area contributed by atoms with Gasteiger partial charge in [0.1, 0.15) is 11.3 Å². The standard InChI is InChI=1S/C11H12BrN3O3/c1-11(14,7-13)2-3-18-10-5-8(12)4-9(6-10)15(16)17/h4-6H,2-3,14H2,1H3. The van der Waals surface area contributed by atoms with Crippen LogP contribution in [0.4, 0.5) is 5.69 Å². The highest BCUT2D eigenvalue weighted by molar-refractivity contribution is 9.10. The molecule has 0 bridgehead atoms. The third-order valence-corrected chi connectivity index (χ3v) is 2.67. The van der Waals surface area contributed by atoms with E-state index in [1.807, 2.05) is 6.07 Å². The second-order valence-electron chi connectivity index (χ2n) is 4.03. The van der Waals surface area contributed by atoms with Gasteiger partial charge >= 0.3 is 0 Å².